The number of rotatable bonds is 18. The summed E-state index contributed by atoms with van der Waals surface area (Å²) in [6, 6.07) is 0. The first kappa shape index (κ1) is 22.9. The van der Waals surface area contributed by atoms with Gasteiger partial charge in [-0.3, -0.25) is 9.59 Å². The van der Waals surface area contributed by atoms with Crippen molar-refractivity contribution < 1.29 is 19.8 Å². The summed E-state index contributed by atoms with van der Waals surface area (Å²) in [5, 5.41) is 17.7. The average Bonchev–Trinajstić information content (AvgIpc) is 2.54. The Labute approximate surface area is 148 Å². The van der Waals surface area contributed by atoms with Crippen LogP contribution in [0.4, 0.5) is 0 Å². The Balaban J connectivity index is 3.36. The molecule has 0 saturated heterocycles. The van der Waals surface area contributed by atoms with Gasteiger partial charge in [0.2, 0.25) is 0 Å². The van der Waals surface area contributed by atoms with E-state index in [1.807, 2.05) is 0 Å². The van der Waals surface area contributed by atoms with Crippen LogP contribution in [-0.2, 0) is 9.59 Å². The van der Waals surface area contributed by atoms with E-state index in [4.69, 9.17) is 10.2 Å². The molecule has 0 amide bonds. The molecule has 0 aromatic heterocycles. The summed E-state index contributed by atoms with van der Waals surface area (Å²) in [6.07, 6.45) is 17.4. The third kappa shape index (κ3) is 15.8. The fraction of sp³-hybridized carbons (Fsp3) is 0.900. The van der Waals surface area contributed by atoms with Crippen LogP contribution >= 0.6 is 0 Å². The molecular weight excluding hydrogens is 304 g/mol. The van der Waals surface area contributed by atoms with E-state index in [9.17, 15) is 9.59 Å². The van der Waals surface area contributed by atoms with Crippen LogP contribution in [0.1, 0.15) is 110 Å². The zero-order valence-electron chi connectivity index (χ0n) is 15.6. The molecular formula is C20H38O4. The molecule has 0 aromatic carbocycles. The summed E-state index contributed by atoms with van der Waals surface area (Å²) in [5.74, 6) is -2.25. The molecule has 0 saturated carbocycles. The van der Waals surface area contributed by atoms with Gasteiger partial charge in [0.05, 0.1) is 5.92 Å². The molecule has 142 valence electrons. The lowest BCUT2D eigenvalue weighted by atomic mass is 9.95. The number of aliphatic carboxylic acids is 2. The Morgan fingerprint density at radius 1 is 0.667 bits per heavy atom. The van der Waals surface area contributed by atoms with Gasteiger partial charge in [0.15, 0.2) is 0 Å². The van der Waals surface area contributed by atoms with E-state index in [0.717, 1.165) is 12.8 Å². The van der Waals surface area contributed by atoms with Gasteiger partial charge in [-0.15, -0.1) is 0 Å². The molecule has 0 radical (unpaired) electrons. The number of hydrogen-bond donors (Lipinski definition) is 2. The third-order valence-corrected chi connectivity index (χ3v) is 4.71. The van der Waals surface area contributed by atoms with Crippen LogP contribution in [0, 0.1) is 5.92 Å². The minimum Gasteiger partial charge on any atom is -0.481 e. The maximum atomic E-state index is 11.1. The minimum atomic E-state index is -0.911. The Bertz CT molecular complexity index is 315. The van der Waals surface area contributed by atoms with Gasteiger partial charge in [0.25, 0.3) is 0 Å². The molecule has 0 aliphatic heterocycles. The van der Waals surface area contributed by atoms with Crippen LogP contribution in [0.25, 0.3) is 0 Å². The van der Waals surface area contributed by atoms with Crippen molar-refractivity contribution >= 4 is 11.9 Å². The standard InChI is InChI=1S/C20H38O4/c1-2-3-4-5-6-7-8-9-10-11-12-13-14-15-18(20(23)24)16-17-19(21)22/h18H,2-17H2,1H3,(H,21,22)(H,23,24). The second kappa shape index (κ2) is 16.8. The van der Waals surface area contributed by atoms with Crippen molar-refractivity contribution in [3.63, 3.8) is 0 Å². The quantitative estimate of drug-likeness (QED) is 0.298. The van der Waals surface area contributed by atoms with Gasteiger partial charge in [0, 0.05) is 6.42 Å². The lowest BCUT2D eigenvalue weighted by molar-refractivity contribution is -0.143. The Kier molecular flexibility index (Phi) is 16.0. The molecule has 4 heteroatoms. The van der Waals surface area contributed by atoms with Crippen molar-refractivity contribution in [1.82, 2.24) is 0 Å². The molecule has 0 fully saturated rings. The van der Waals surface area contributed by atoms with Gasteiger partial charge in [-0.05, 0) is 12.8 Å². The minimum absolute atomic E-state index is 0.0462. The van der Waals surface area contributed by atoms with E-state index in [-0.39, 0.29) is 12.8 Å². The van der Waals surface area contributed by atoms with Crippen LogP contribution in [0.2, 0.25) is 0 Å². The highest BCUT2D eigenvalue weighted by Gasteiger charge is 2.17. The first-order chi connectivity index (χ1) is 11.6. The van der Waals surface area contributed by atoms with Crippen LogP contribution in [0.15, 0.2) is 0 Å². The summed E-state index contributed by atoms with van der Waals surface area (Å²) in [6.45, 7) is 2.25. The zero-order valence-corrected chi connectivity index (χ0v) is 15.6. The fourth-order valence-corrected chi connectivity index (χ4v) is 3.10. The number of unbranched alkanes of at least 4 members (excludes halogenated alkanes) is 12. The first-order valence-electron chi connectivity index (χ1n) is 10.0. The van der Waals surface area contributed by atoms with E-state index in [2.05, 4.69) is 6.92 Å². The van der Waals surface area contributed by atoms with Crippen molar-refractivity contribution in [2.75, 3.05) is 0 Å². The number of carboxylic acid groups (broad SMARTS) is 2. The molecule has 4 nitrogen and oxygen atoms in total. The van der Waals surface area contributed by atoms with Crippen LogP contribution in [-0.4, -0.2) is 22.2 Å². The smallest absolute Gasteiger partial charge is 0.306 e. The van der Waals surface area contributed by atoms with E-state index >= 15 is 0 Å². The van der Waals surface area contributed by atoms with Gasteiger partial charge in [-0.1, -0.05) is 90.4 Å². The monoisotopic (exact) mass is 342 g/mol. The predicted octanol–water partition coefficient (Wildman–Crippen LogP) is 6.03. The summed E-state index contributed by atoms with van der Waals surface area (Å²) in [7, 11) is 0. The predicted molar refractivity (Wildman–Crippen MR) is 98.3 cm³/mol. The maximum Gasteiger partial charge on any atom is 0.306 e. The number of carbonyl (C=O) groups is 2. The van der Waals surface area contributed by atoms with E-state index in [1.165, 1.54) is 70.6 Å². The second-order valence-corrected chi connectivity index (χ2v) is 7.00. The van der Waals surface area contributed by atoms with Crippen LogP contribution < -0.4 is 0 Å². The Morgan fingerprint density at radius 3 is 1.46 bits per heavy atom. The molecule has 2 N–H and O–H groups in total. The maximum absolute atomic E-state index is 11.1. The molecule has 1 atom stereocenters. The molecule has 1 unspecified atom stereocenters. The fourth-order valence-electron chi connectivity index (χ4n) is 3.10. The van der Waals surface area contributed by atoms with E-state index in [1.54, 1.807) is 0 Å². The molecule has 0 rings (SSSR count). The molecule has 0 aromatic rings. The lowest BCUT2D eigenvalue weighted by Gasteiger charge is -2.10. The highest BCUT2D eigenvalue weighted by molar-refractivity contribution is 5.72. The molecule has 0 bridgehead atoms. The van der Waals surface area contributed by atoms with Crippen molar-refractivity contribution in [3.05, 3.63) is 0 Å². The van der Waals surface area contributed by atoms with Gasteiger partial charge in [-0.2, -0.15) is 0 Å². The molecule has 24 heavy (non-hydrogen) atoms. The van der Waals surface area contributed by atoms with E-state index in [0.29, 0.717) is 6.42 Å². The SMILES string of the molecule is CCCCCCCCCCCCCCCC(CCC(=O)O)C(=O)O. The summed E-state index contributed by atoms with van der Waals surface area (Å²) < 4.78 is 0. The van der Waals surface area contributed by atoms with Gasteiger partial charge < -0.3 is 10.2 Å². The molecule has 0 spiro atoms. The normalized spacial score (nSPS) is 12.2. The number of carboxylic acids is 2. The summed E-state index contributed by atoms with van der Waals surface area (Å²) >= 11 is 0. The van der Waals surface area contributed by atoms with E-state index < -0.39 is 17.9 Å². The topological polar surface area (TPSA) is 74.6 Å². The molecule has 0 heterocycles. The highest BCUT2D eigenvalue weighted by Crippen LogP contribution is 2.18. The average molecular weight is 343 g/mol. The lowest BCUT2D eigenvalue weighted by Crippen LogP contribution is -2.15. The largest absolute Gasteiger partial charge is 0.481 e. The molecule has 0 aliphatic rings. The van der Waals surface area contributed by atoms with Crippen LogP contribution in [0.3, 0.4) is 0 Å². The third-order valence-electron chi connectivity index (χ3n) is 4.71. The Morgan fingerprint density at radius 2 is 1.08 bits per heavy atom. The zero-order chi connectivity index (χ0) is 18.0. The van der Waals surface area contributed by atoms with Crippen molar-refractivity contribution in [2.24, 2.45) is 5.92 Å². The van der Waals surface area contributed by atoms with Crippen molar-refractivity contribution in [3.8, 4) is 0 Å². The Hall–Kier alpha value is -1.06. The highest BCUT2D eigenvalue weighted by atomic mass is 16.4. The number of hydrogen-bond acceptors (Lipinski definition) is 2. The van der Waals surface area contributed by atoms with Gasteiger partial charge in [0.1, 0.15) is 0 Å². The van der Waals surface area contributed by atoms with Gasteiger partial charge >= 0.3 is 11.9 Å². The van der Waals surface area contributed by atoms with Crippen molar-refractivity contribution in [2.45, 2.75) is 110 Å². The van der Waals surface area contributed by atoms with Crippen molar-refractivity contribution in [1.29, 1.82) is 0 Å². The second-order valence-electron chi connectivity index (χ2n) is 7.00. The summed E-state index contributed by atoms with van der Waals surface area (Å²) in [5.41, 5.74) is 0. The van der Waals surface area contributed by atoms with Gasteiger partial charge in [-0.25, -0.2) is 0 Å². The van der Waals surface area contributed by atoms with Crippen LogP contribution in [0.5, 0.6) is 0 Å². The summed E-state index contributed by atoms with van der Waals surface area (Å²) in [4.78, 5) is 21.6. The molecule has 0 aliphatic carbocycles. The first-order valence-corrected chi connectivity index (χ1v) is 10.0.